The Labute approximate surface area is 157 Å². The van der Waals surface area contributed by atoms with Crippen LogP contribution in [0.4, 0.5) is 4.39 Å². The van der Waals surface area contributed by atoms with Crippen molar-refractivity contribution in [3.63, 3.8) is 0 Å². The maximum absolute atomic E-state index is 13.1. The van der Waals surface area contributed by atoms with Gasteiger partial charge in [0.25, 0.3) is 5.56 Å². The van der Waals surface area contributed by atoms with Gasteiger partial charge in [0.15, 0.2) is 5.82 Å². The summed E-state index contributed by atoms with van der Waals surface area (Å²) in [6.45, 7) is 0. The van der Waals surface area contributed by atoms with E-state index in [9.17, 15) is 9.18 Å². The Kier molecular flexibility index (Phi) is 4.41. The first kappa shape index (κ1) is 16.7. The molecule has 0 fully saturated rings. The molecule has 0 amide bonds. The molecule has 4 rings (SSSR count). The van der Waals surface area contributed by atoms with E-state index in [1.165, 1.54) is 23.5 Å². The maximum Gasteiger partial charge on any atom is 0.260 e. The number of hydrogen-bond acceptors (Lipinski definition) is 3. The highest BCUT2D eigenvalue weighted by molar-refractivity contribution is 7.17. The Morgan fingerprint density at radius 3 is 2.58 bits per heavy atom. The zero-order valence-corrected chi connectivity index (χ0v) is 14.9. The molecule has 0 spiro atoms. The summed E-state index contributed by atoms with van der Waals surface area (Å²) in [4.78, 5) is 20.4. The average molecular weight is 383 g/mol. The average Bonchev–Trinajstić information content (AvgIpc) is 3.08. The van der Waals surface area contributed by atoms with Crippen LogP contribution in [0.3, 0.4) is 0 Å². The molecular weight excluding hydrogens is 371 g/mol. The third kappa shape index (κ3) is 3.19. The topological polar surface area (TPSA) is 45.8 Å². The van der Waals surface area contributed by atoms with Crippen molar-refractivity contribution in [2.45, 2.75) is 0 Å². The van der Waals surface area contributed by atoms with E-state index in [1.807, 2.05) is 35.7 Å². The van der Waals surface area contributed by atoms with Crippen LogP contribution in [0.2, 0.25) is 0 Å². The lowest BCUT2D eigenvalue weighted by Gasteiger charge is -2.02. The molecule has 2 aromatic carbocycles. The Balaban J connectivity index is 1.80. The van der Waals surface area contributed by atoms with Crippen LogP contribution in [0.1, 0.15) is 11.4 Å². The molecule has 0 aliphatic rings. The second-order valence-electron chi connectivity index (χ2n) is 5.65. The number of rotatable bonds is 3. The number of aromatic amines is 1. The smallest absolute Gasteiger partial charge is 0.260 e. The maximum atomic E-state index is 13.1. The van der Waals surface area contributed by atoms with E-state index >= 15 is 0 Å². The fraction of sp³-hybridized carbons (Fsp3) is 0. The first-order valence-corrected chi connectivity index (χ1v) is 9.07. The quantitative estimate of drug-likeness (QED) is 0.506. The zero-order valence-electron chi connectivity index (χ0n) is 13.4. The van der Waals surface area contributed by atoms with Crippen LogP contribution in [-0.4, -0.2) is 9.97 Å². The molecule has 128 valence electrons. The van der Waals surface area contributed by atoms with Gasteiger partial charge in [-0.3, -0.25) is 4.79 Å². The molecule has 0 saturated carbocycles. The Hall–Kier alpha value is -2.76. The minimum atomic E-state index is -0.319. The molecule has 2 aromatic heterocycles. The first-order chi connectivity index (χ1) is 12.6. The van der Waals surface area contributed by atoms with E-state index in [2.05, 4.69) is 9.97 Å². The van der Waals surface area contributed by atoms with Gasteiger partial charge in [0.05, 0.1) is 10.4 Å². The number of halogens is 2. The summed E-state index contributed by atoms with van der Waals surface area (Å²) >= 11 is 7.70. The third-order valence-corrected chi connectivity index (χ3v) is 5.08. The van der Waals surface area contributed by atoms with E-state index in [1.54, 1.807) is 18.2 Å². The van der Waals surface area contributed by atoms with Crippen molar-refractivity contribution in [1.29, 1.82) is 0 Å². The fourth-order valence-electron chi connectivity index (χ4n) is 2.67. The summed E-state index contributed by atoms with van der Waals surface area (Å²) in [5, 5.41) is 2.68. The number of H-pyrrole nitrogens is 1. The highest BCUT2D eigenvalue weighted by atomic mass is 35.5. The van der Waals surface area contributed by atoms with Gasteiger partial charge in [-0.05, 0) is 29.3 Å². The molecule has 1 N–H and O–H groups in total. The van der Waals surface area contributed by atoms with E-state index in [-0.39, 0.29) is 11.4 Å². The van der Waals surface area contributed by atoms with Gasteiger partial charge >= 0.3 is 0 Å². The number of aromatic nitrogens is 2. The number of nitrogens with zero attached hydrogens (tertiary/aromatic N) is 1. The van der Waals surface area contributed by atoms with Gasteiger partial charge in [-0.1, -0.05) is 54.1 Å². The first-order valence-electron chi connectivity index (χ1n) is 7.82. The molecule has 0 saturated heterocycles. The number of benzene rings is 2. The van der Waals surface area contributed by atoms with Crippen molar-refractivity contribution < 1.29 is 4.39 Å². The van der Waals surface area contributed by atoms with Gasteiger partial charge in [0.2, 0.25) is 0 Å². The SMILES string of the molecule is O=c1[nH]c(/C(Cl)=C/c2ccccc2)nc2scc(-c3ccc(F)cc3)c12. The molecule has 0 bridgehead atoms. The van der Waals surface area contributed by atoms with Gasteiger partial charge in [0.1, 0.15) is 10.6 Å². The largest absolute Gasteiger partial charge is 0.305 e. The Morgan fingerprint density at radius 1 is 1.12 bits per heavy atom. The van der Waals surface area contributed by atoms with E-state index in [0.29, 0.717) is 21.1 Å². The summed E-state index contributed by atoms with van der Waals surface area (Å²) in [5.41, 5.74) is 2.14. The van der Waals surface area contributed by atoms with Gasteiger partial charge in [-0.2, -0.15) is 0 Å². The van der Waals surface area contributed by atoms with Crippen LogP contribution in [0, 0.1) is 5.82 Å². The fourth-order valence-corrected chi connectivity index (χ4v) is 3.83. The predicted molar refractivity (Wildman–Crippen MR) is 106 cm³/mol. The van der Waals surface area contributed by atoms with Crippen LogP contribution >= 0.6 is 22.9 Å². The van der Waals surface area contributed by atoms with E-state index in [4.69, 9.17) is 11.6 Å². The van der Waals surface area contributed by atoms with Crippen LogP contribution in [0.15, 0.2) is 64.8 Å². The van der Waals surface area contributed by atoms with Crippen LogP contribution in [-0.2, 0) is 0 Å². The monoisotopic (exact) mass is 382 g/mol. The summed E-state index contributed by atoms with van der Waals surface area (Å²) < 4.78 is 13.1. The molecule has 0 atom stereocenters. The van der Waals surface area contributed by atoms with E-state index in [0.717, 1.165) is 16.7 Å². The number of nitrogens with one attached hydrogen (secondary N) is 1. The highest BCUT2D eigenvalue weighted by Crippen LogP contribution is 2.31. The van der Waals surface area contributed by atoms with Gasteiger partial charge in [0, 0.05) is 10.9 Å². The van der Waals surface area contributed by atoms with Gasteiger partial charge in [-0.25, -0.2) is 9.37 Å². The standard InChI is InChI=1S/C20H12ClFN2OS/c21-16(10-12-4-2-1-3-5-12)18-23-19(25)17-15(11-26-20(17)24-18)13-6-8-14(22)9-7-13/h1-11H,(H,23,24,25)/b16-10-. The molecular formula is C20H12ClFN2OS. The number of hydrogen-bond donors (Lipinski definition) is 1. The summed E-state index contributed by atoms with van der Waals surface area (Å²) in [6, 6.07) is 15.6. The van der Waals surface area contributed by atoms with Crippen LogP contribution in [0.25, 0.3) is 32.5 Å². The van der Waals surface area contributed by atoms with Gasteiger partial charge in [-0.15, -0.1) is 11.3 Å². The lowest BCUT2D eigenvalue weighted by atomic mass is 10.1. The molecule has 6 heteroatoms. The van der Waals surface area contributed by atoms with E-state index < -0.39 is 0 Å². The lowest BCUT2D eigenvalue weighted by Crippen LogP contribution is -2.10. The Morgan fingerprint density at radius 2 is 1.85 bits per heavy atom. The summed E-state index contributed by atoms with van der Waals surface area (Å²) in [7, 11) is 0. The molecule has 2 heterocycles. The van der Waals surface area contributed by atoms with Crippen molar-refractivity contribution in [3.8, 4) is 11.1 Å². The second kappa shape index (κ2) is 6.86. The van der Waals surface area contributed by atoms with Crippen molar-refractivity contribution in [3.05, 3.63) is 87.5 Å². The molecule has 0 aliphatic carbocycles. The molecule has 26 heavy (non-hydrogen) atoms. The minimum Gasteiger partial charge on any atom is -0.305 e. The number of fused-ring (bicyclic) bond motifs is 1. The van der Waals surface area contributed by atoms with Crippen molar-refractivity contribution >= 4 is 44.3 Å². The Bertz CT molecular complexity index is 1160. The molecule has 3 nitrogen and oxygen atoms in total. The zero-order chi connectivity index (χ0) is 18.1. The van der Waals surface area contributed by atoms with Gasteiger partial charge < -0.3 is 4.98 Å². The predicted octanol–water partition coefficient (Wildman–Crippen LogP) is 5.53. The van der Waals surface area contributed by atoms with Crippen molar-refractivity contribution in [1.82, 2.24) is 9.97 Å². The minimum absolute atomic E-state index is 0.273. The highest BCUT2D eigenvalue weighted by Gasteiger charge is 2.14. The van der Waals surface area contributed by atoms with Crippen molar-refractivity contribution in [2.24, 2.45) is 0 Å². The summed E-state index contributed by atoms with van der Waals surface area (Å²) in [6.07, 6.45) is 1.75. The normalized spacial score (nSPS) is 11.8. The molecule has 0 aliphatic heterocycles. The van der Waals surface area contributed by atoms with Crippen molar-refractivity contribution in [2.75, 3.05) is 0 Å². The van der Waals surface area contributed by atoms with Crippen LogP contribution < -0.4 is 5.56 Å². The molecule has 0 unspecified atom stereocenters. The molecule has 0 radical (unpaired) electrons. The summed E-state index contributed by atoms with van der Waals surface area (Å²) in [5.74, 6) is 0.000891. The third-order valence-electron chi connectivity index (χ3n) is 3.92. The molecule has 4 aromatic rings. The second-order valence-corrected chi connectivity index (χ2v) is 6.92. The van der Waals surface area contributed by atoms with Crippen LogP contribution in [0.5, 0.6) is 0 Å². The lowest BCUT2D eigenvalue weighted by molar-refractivity contribution is 0.628. The number of thiophene rings is 1.